The van der Waals surface area contributed by atoms with Crippen molar-refractivity contribution in [1.29, 1.82) is 0 Å². The molecule has 0 amide bonds. The van der Waals surface area contributed by atoms with Crippen LogP contribution in [0.15, 0.2) is 12.3 Å². The van der Waals surface area contributed by atoms with Crippen molar-refractivity contribution in [2.45, 2.75) is 52.1 Å². The molecule has 0 saturated heterocycles. The van der Waals surface area contributed by atoms with Crippen molar-refractivity contribution < 1.29 is 4.39 Å². The standard InChI is InChI=1S/C16H26FN3/c1-12(2)10-18-11-13-8-9-19-16(15(13)17)20(3)14-6-4-5-7-14/h8-9,12,14,18H,4-7,10-11H2,1-3H3. The first-order valence-corrected chi connectivity index (χ1v) is 7.66. The molecule has 0 radical (unpaired) electrons. The predicted molar refractivity (Wildman–Crippen MR) is 81.4 cm³/mol. The number of pyridine rings is 1. The third-order valence-electron chi connectivity index (χ3n) is 4.03. The van der Waals surface area contributed by atoms with Gasteiger partial charge in [0.05, 0.1) is 0 Å². The van der Waals surface area contributed by atoms with Crippen LogP contribution in [0.5, 0.6) is 0 Å². The zero-order chi connectivity index (χ0) is 14.5. The lowest BCUT2D eigenvalue weighted by Gasteiger charge is -2.26. The molecule has 4 heteroatoms. The molecule has 2 rings (SSSR count). The fourth-order valence-corrected chi connectivity index (χ4v) is 2.81. The highest BCUT2D eigenvalue weighted by atomic mass is 19.1. The van der Waals surface area contributed by atoms with E-state index in [4.69, 9.17) is 0 Å². The Bertz CT molecular complexity index is 428. The van der Waals surface area contributed by atoms with E-state index in [2.05, 4.69) is 24.1 Å². The molecule has 0 aromatic carbocycles. The second-order valence-electron chi connectivity index (χ2n) is 6.18. The second-order valence-corrected chi connectivity index (χ2v) is 6.18. The van der Waals surface area contributed by atoms with Gasteiger partial charge >= 0.3 is 0 Å². The molecule has 1 heterocycles. The van der Waals surface area contributed by atoms with Crippen LogP contribution in [0.1, 0.15) is 45.1 Å². The first kappa shape index (κ1) is 15.2. The van der Waals surface area contributed by atoms with E-state index in [0.29, 0.717) is 29.9 Å². The maximum Gasteiger partial charge on any atom is 0.170 e. The highest BCUT2D eigenvalue weighted by Gasteiger charge is 2.23. The van der Waals surface area contributed by atoms with Crippen LogP contribution in [0, 0.1) is 11.7 Å². The van der Waals surface area contributed by atoms with E-state index in [9.17, 15) is 4.39 Å². The van der Waals surface area contributed by atoms with Gasteiger partial charge in [0.2, 0.25) is 0 Å². The Hall–Kier alpha value is -1.16. The first-order chi connectivity index (χ1) is 9.59. The van der Waals surface area contributed by atoms with Crippen LogP contribution < -0.4 is 10.2 Å². The van der Waals surface area contributed by atoms with Crippen molar-refractivity contribution in [3.05, 3.63) is 23.6 Å². The molecule has 1 aromatic heterocycles. The molecule has 20 heavy (non-hydrogen) atoms. The Morgan fingerprint density at radius 2 is 2.10 bits per heavy atom. The summed E-state index contributed by atoms with van der Waals surface area (Å²) in [7, 11) is 1.97. The fourth-order valence-electron chi connectivity index (χ4n) is 2.81. The van der Waals surface area contributed by atoms with Crippen LogP contribution in [-0.2, 0) is 6.54 Å². The van der Waals surface area contributed by atoms with Gasteiger partial charge in [0, 0.05) is 31.4 Å². The van der Waals surface area contributed by atoms with Gasteiger partial charge in [-0.2, -0.15) is 0 Å². The molecule has 1 fully saturated rings. The summed E-state index contributed by atoms with van der Waals surface area (Å²) in [6, 6.07) is 2.21. The summed E-state index contributed by atoms with van der Waals surface area (Å²) in [4.78, 5) is 6.27. The molecule has 1 saturated carbocycles. The summed E-state index contributed by atoms with van der Waals surface area (Å²) >= 11 is 0. The number of anilines is 1. The quantitative estimate of drug-likeness (QED) is 0.865. The monoisotopic (exact) mass is 279 g/mol. The van der Waals surface area contributed by atoms with Crippen molar-refractivity contribution in [2.75, 3.05) is 18.5 Å². The van der Waals surface area contributed by atoms with Gasteiger partial charge in [0.25, 0.3) is 0 Å². The third kappa shape index (κ3) is 3.69. The topological polar surface area (TPSA) is 28.2 Å². The number of hydrogen-bond acceptors (Lipinski definition) is 3. The van der Waals surface area contributed by atoms with Gasteiger partial charge in [-0.1, -0.05) is 26.7 Å². The molecule has 0 bridgehead atoms. The van der Waals surface area contributed by atoms with Crippen molar-refractivity contribution in [2.24, 2.45) is 5.92 Å². The fraction of sp³-hybridized carbons (Fsp3) is 0.688. The van der Waals surface area contributed by atoms with Crippen molar-refractivity contribution in [3.8, 4) is 0 Å². The minimum absolute atomic E-state index is 0.168. The lowest BCUT2D eigenvalue weighted by Crippen LogP contribution is -2.31. The maximum atomic E-state index is 14.6. The summed E-state index contributed by atoms with van der Waals surface area (Å²) < 4.78 is 14.6. The van der Waals surface area contributed by atoms with Crippen LogP contribution >= 0.6 is 0 Å². The average molecular weight is 279 g/mol. The van der Waals surface area contributed by atoms with Crippen LogP contribution in [0.3, 0.4) is 0 Å². The Morgan fingerprint density at radius 3 is 2.75 bits per heavy atom. The normalized spacial score (nSPS) is 16.1. The van der Waals surface area contributed by atoms with Gasteiger partial charge < -0.3 is 10.2 Å². The number of nitrogens with zero attached hydrogens (tertiary/aromatic N) is 2. The minimum atomic E-state index is -0.168. The molecule has 0 atom stereocenters. The van der Waals surface area contributed by atoms with Gasteiger partial charge in [-0.3, -0.25) is 0 Å². The van der Waals surface area contributed by atoms with E-state index >= 15 is 0 Å². The average Bonchev–Trinajstić information content (AvgIpc) is 2.93. The highest BCUT2D eigenvalue weighted by molar-refractivity contribution is 5.43. The molecule has 1 aromatic rings. The lowest BCUT2D eigenvalue weighted by atomic mass is 10.2. The lowest BCUT2D eigenvalue weighted by molar-refractivity contribution is 0.529. The summed E-state index contributed by atoms with van der Waals surface area (Å²) in [5.74, 6) is 0.902. The molecular weight excluding hydrogens is 253 g/mol. The second kappa shape index (κ2) is 7.02. The van der Waals surface area contributed by atoms with Crippen LogP contribution in [0.2, 0.25) is 0 Å². The molecule has 0 spiro atoms. The zero-order valence-corrected chi connectivity index (χ0v) is 12.8. The summed E-state index contributed by atoms with van der Waals surface area (Å²) in [6.07, 6.45) is 6.50. The molecule has 0 unspecified atom stereocenters. The number of hydrogen-bond donors (Lipinski definition) is 1. The van der Waals surface area contributed by atoms with Crippen molar-refractivity contribution >= 4 is 5.82 Å². The molecule has 3 nitrogen and oxygen atoms in total. The van der Waals surface area contributed by atoms with Gasteiger partial charge in [-0.05, 0) is 31.4 Å². The van der Waals surface area contributed by atoms with Crippen molar-refractivity contribution in [1.82, 2.24) is 10.3 Å². The van der Waals surface area contributed by atoms with E-state index in [-0.39, 0.29) is 5.82 Å². The van der Waals surface area contributed by atoms with E-state index in [1.54, 1.807) is 12.3 Å². The summed E-state index contributed by atoms with van der Waals surface area (Å²) in [5.41, 5.74) is 0.709. The maximum absolute atomic E-state index is 14.6. The first-order valence-electron chi connectivity index (χ1n) is 7.66. The molecule has 1 N–H and O–H groups in total. The SMILES string of the molecule is CC(C)CNCc1ccnc(N(C)C2CCCC2)c1F. The van der Waals surface area contributed by atoms with E-state index in [1.807, 2.05) is 11.9 Å². The number of rotatable bonds is 6. The van der Waals surface area contributed by atoms with Crippen LogP contribution in [-0.4, -0.2) is 24.6 Å². The molecule has 0 aliphatic heterocycles. The number of nitrogens with one attached hydrogen (secondary N) is 1. The van der Waals surface area contributed by atoms with Gasteiger partial charge in [0.15, 0.2) is 11.6 Å². The Morgan fingerprint density at radius 1 is 1.40 bits per heavy atom. The molecule has 1 aliphatic carbocycles. The van der Waals surface area contributed by atoms with Gasteiger partial charge in [-0.25, -0.2) is 9.37 Å². The Balaban J connectivity index is 2.06. The van der Waals surface area contributed by atoms with E-state index in [1.165, 1.54) is 12.8 Å². The zero-order valence-electron chi connectivity index (χ0n) is 12.8. The van der Waals surface area contributed by atoms with Gasteiger partial charge in [-0.15, -0.1) is 0 Å². The van der Waals surface area contributed by atoms with Crippen LogP contribution in [0.25, 0.3) is 0 Å². The number of halogens is 1. The summed E-state index contributed by atoms with van der Waals surface area (Å²) in [5, 5.41) is 3.29. The van der Waals surface area contributed by atoms with E-state index < -0.39 is 0 Å². The largest absolute Gasteiger partial charge is 0.354 e. The smallest absolute Gasteiger partial charge is 0.170 e. The summed E-state index contributed by atoms with van der Waals surface area (Å²) in [6.45, 7) is 5.76. The highest BCUT2D eigenvalue weighted by Crippen LogP contribution is 2.28. The number of aromatic nitrogens is 1. The minimum Gasteiger partial charge on any atom is -0.354 e. The molecule has 1 aliphatic rings. The molecule has 112 valence electrons. The predicted octanol–water partition coefficient (Wildman–Crippen LogP) is 3.35. The van der Waals surface area contributed by atoms with Gasteiger partial charge in [0.1, 0.15) is 0 Å². The van der Waals surface area contributed by atoms with Crippen molar-refractivity contribution in [3.63, 3.8) is 0 Å². The Labute approximate surface area is 121 Å². The van der Waals surface area contributed by atoms with E-state index in [0.717, 1.165) is 19.4 Å². The van der Waals surface area contributed by atoms with Crippen LogP contribution in [0.4, 0.5) is 10.2 Å². The third-order valence-corrected chi connectivity index (χ3v) is 4.03. The Kier molecular flexibility index (Phi) is 5.35. The molecular formula is C16H26FN3.